The molecule has 0 aromatic heterocycles. The van der Waals surface area contributed by atoms with E-state index < -0.39 is 0 Å². The maximum absolute atomic E-state index is 11.5. The Labute approximate surface area is 86.6 Å². The van der Waals surface area contributed by atoms with Gasteiger partial charge in [-0.2, -0.15) is 0 Å². The molecule has 0 heterocycles. The fraction of sp³-hybridized carbons (Fsp3) is 0.900. The first-order chi connectivity index (χ1) is 6.57. The van der Waals surface area contributed by atoms with Crippen molar-refractivity contribution in [3.63, 3.8) is 0 Å². The van der Waals surface area contributed by atoms with Gasteiger partial charge in [-0.25, -0.2) is 0 Å². The fourth-order valence-corrected chi connectivity index (χ4v) is 1.01. The number of nitrogens with one attached hydrogen (secondary N) is 1. The third-order valence-electron chi connectivity index (χ3n) is 1.95. The maximum Gasteiger partial charge on any atom is 0.223 e. The second kappa shape index (κ2) is 7.76. The third kappa shape index (κ3) is 6.86. The Morgan fingerprint density at radius 3 is 2.64 bits per heavy atom. The average molecular weight is 202 g/mol. The van der Waals surface area contributed by atoms with Crippen LogP contribution in [0.1, 0.15) is 20.3 Å². The zero-order valence-corrected chi connectivity index (χ0v) is 9.67. The standard InChI is InChI=1S/C10H22N2O2/c1-9(2)11-6-5-10(13)12(3)7-8-14-4/h9,11H,5-8H2,1-4H3. The highest BCUT2D eigenvalue weighted by Gasteiger charge is 2.07. The van der Waals surface area contributed by atoms with E-state index in [1.165, 1.54) is 0 Å². The number of carbonyl (C=O) groups excluding carboxylic acids is 1. The van der Waals surface area contributed by atoms with Gasteiger partial charge in [0.05, 0.1) is 6.61 Å². The van der Waals surface area contributed by atoms with E-state index in [1.54, 1.807) is 19.1 Å². The summed E-state index contributed by atoms with van der Waals surface area (Å²) < 4.78 is 4.90. The van der Waals surface area contributed by atoms with E-state index in [-0.39, 0.29) is 5.91 Å². The van der Waals surface area contributed by atoms with Gasteiger partial charge in [-0.15, -0.1) is 0 Å². The molecule has 0 saturated carbocycles. The van der Waals surface area contributed by atoms with E-state index in [0.717, 1.165) is 6.54 Å². The molecule has 0 aliphatic rings. The number of hydrogen-bond donors (Lipinski definition) is 1. The highest BCUT2D eigenvalue weighted by molar-refractivity contribution is 5.76. The van der Waals surface area contributed by atoms with Crippen LogP contribution in [0.5, 0.6) is 0 Å². The lowest BCUT2D eigenvalue weighted by molar-refractivity contribution is -0.130. The minimum absolute atomic E-state index is 0.162. The van der Waals surface area contributed by atoms with Gasteiger partial charge in [-0.3, -0.25) is 4.79 Å². The number of rotatable bonds is 7. The van der Waals surface area contributed by atoms with Gasteiger partial charge in [0.15, 0.2) is 0 Å². The Balaban J connectivity index is 3.52. The van der Waals surface area contributed by atoms with Crippen molar-refractivity contribution in [2.75, 3.05) is 33.9 Å². The van der Waals surface area contributed by atoms with Crippen molar-refractivity contribution < 1.29 is 9.53 Å². The van der Waals surface area contributed by atoms with Crippen molar-refractivity contribution in [2.24, 2.45) is 0 Å². The smallest absolute Gasteiger partial charge is 0.223 e. The highest BCUT2D eigenvalue weighted by Crippen LogP contribution is 1.90. The molecule has 0 aliphatic carbocycles. The summed E-state index contributed by atoms with van der Waals surface area (Å²) in [6, 6.07) is 0.437. The predicted molar refractivity (Wildman–Crippen MR) is 57.3 cm³/mol. The number of amides is 1. The molecule has 0 aliphatic heterocycles. The van der Waals surface area contributed by atoms with E-state index in [1.807, 2.05) is 0 Å². The lowest BCUT2D eigenvalue weighted by Crippen LogP contribution is -2.33. The summed E-state index contributed by atoms with van der Waals surface area (Å²) in [6.07, 6.45) is 0.554. The summed E-state index contributed by atoms with van der Waals surface area (Å²) in [5.41, 5.74) is 0. The fourth-order valence-electron chi connectivity index (χ4n) is 1.01. The number of hydrogen-bond acceptors (Lipinski definition) is 3. The first-order valence-corrected chi connectivity index (χ1v) is 5.04. The zero-order valence-electron chi connectivity index (χ0n) is 9.67. The normalized spacial score (nSPS) is 10.6. The Hall–Kier alpha value is -0.610. The highest BCUT2D eigenvalue weighted by atomic mass is 16.5. The van der Waals surface area contributed by atoms with E-state index in [0.29, 0.717) is 25.6 Å². The monoisotopic (exact) mass is 202 g/mol. The molecule has 84 valence electrons. The number of nitrogens with zero attached hydrogens (tertiary/aromatic N) is 1. The minimum Gasteiger partial charge on any atom is -0.383 e. The van der Waals surface area contributed by atoms with Crippen LogP contribution >= 0.6 is 0 Å². The SMILES string of the molecule is COCCN(C)C(=O)CCNC(C)C. The lowest BCUT2D eigenvalue weighted by atomic mass is 10.3. The molecule has 14 heavy (non-hydrogen) atoms. The number of ether oxygens (including phenoxy) is 1. The molecule has 0 saturated heterocycles. The molecule has 1 N–H and O–H groups in total. The molecular weight excluding hydrogens is 180 g/mol. The Morgan fingerprint density at radius 1 is 1.50 bits per heavy atom. The summed E-state index contributed by atoms with van der Waals surface area (Å²) >= 11 is 0. The molecule has 0 fully saturated rings. The molecule has 0 unspecified atom stereocenters. The molecule has 0 rings (SSSR count). The quantitative estimate of drug-likeness (QED) is 0.653. The molecule has 0 aromatic carbocycles. The van der Waals surface area contributed by atoms with Crippen LogP contribution in [0.25, 0.3) is 0 Å². The van der Waals surface area contributed by atoms with Gasteiger partial charge in [0, 0.05) is 39.7 Å². The number of methoxy groups -OCH3 is 1. The van der Waals surface area contributed by atoms with E-state index in [2.05, 4.69) is 19.2 Å². The largest absolute Gasteiger partial charge is 0.383 e. The molecule has 4 heteroatoms. The van der Waals surface area contributed by atoms with Gasteiger partial charge in [-0.1, -0.05) is 13.8 Å². The summed E-state index contributed by atoms with van der Waals surface area (Å²) in [5, 5.41) is 3.21. The zero-order chi connectivity index (χ0) is 11.0. The molecule has 0 radical (unpaired) electrons. The van der Waals surface area contributed by atoms with Gasteiger partial charge in [0.1, 0.15) is 0 Å². The Morgan fingerprint density at radius 2 is 2.14 bits per heavy atom. The molecule has 1 amide bonds. The lowest BCUT2D eigenvalue weighted by Gasteiger charge is -2.17. The first kappa shape index (κ1) is 13.4. The van der Waals surface area contributed by atoms with Crippen LogP contribution in [0.2, 0.25) is 0 Å². The van der Waals surface area contributed by atoms with Crippen LogP contribution in [0.4, 0.5) is 0 Å². The van der Waals surface area contributed by atoms with Crippen LogP contribution < -0.4 is 5.32 Å². The molecule has 0 bridgehead atoms. The van der Waals surface area contributed by atoms with Crippen LogP contribution in [0.15, 0.2) is 0 Å². The number of carbonyl (C=O) groups is 1. The van der Waals surface area contributed by atoms with Crippen LogP contribution in [0, 0.1) is 0 Å². The second-order valence-corrected chi connectivity index (χ2v) is 3.67. The van der Waals surface area contributed by atoms with Crippen molar-refractivity contribution in [1.29, 1.82) is 0 Å². The van der Waals surface area contributed by atoms with Crippen LogP contribution in [0.3, 0.4) is 0 Å². The van der Waals surface area contributed by atoms with Crippen molar-refractivity contribution in [2.45, 2.75) is 26.3 Å². The van der Waals surface area contributed by atoms with Gasteiger partial charge in [0.2, 0.25) is 5.91 Å². The van der Waals surface area contributed by atoms with Crippen molar-refractivity contribution in [3.8, 4) is 0 Å². The summed E-state index contributed by atoms with van der Waals surface area (Å²) in [4.78, 5) is 13.2. The summed E-state index contributed by atoms with van der Waals surface area (Å²) in [6.45, 7) is 6.14. The number of likely N-dealkylation sites (N-methyl/N-ethyl adjacent to an activating group) is 1. The van der Waals surface area contributed by atoms with Crippen molar-refractivity contribution in [1.82, 2.24) is 10.2 Å². The van der Waals surface area contributed by atoms with E-state index in [4.69, 9.17) is 4.74 Å². The Kier molecular flexibility index (Phi) is 7.42. The summed E-state index contributed by atoms with van der Waals surface area (Å²) in [7, 11) is 3.44. The molecular formula is C10H22N2O2. The average Bonchev–Trinajstić information content (AvgIpc) is 2.13. The molecule has 4 nitrogen and oxygen atoms in total. The topological polar surface area (TPSA) is 41.6 Å². The van der Waals surface area contributed by atoms with Gasteiger partial charge < -0.3 is 15.0 Å². The third-order valence-corrected chi connectivity index (χ3v) is 1.95. The van der Waals surface area contributed by atoms with Gasteiger partial charge in [0.25, 0.3) is 0 Å². The second-order valence-electron chi connectivity index (χ2n) is 3.67. The van der Waals surface area contributed by atoms with E-state index >= 15 is 0 Å². The first-order valence-electron chi connectivity index (χ1n) is 5.04. The van der Waals surface area contributed by atoms with Crippen molar-refractivity contribution in [3.05, 3.63) is 0 Å². The predicted octanol–water partition coefficient (Wildman–Crippen LogP) is 0.479. The van der Waals surface area contributed by atoms with E-state index in [9.17, 15) is 4.79 Å². The molecule has 0 aromatic rings. The summed E-state index contributed by atoms with van der Waals surface area (Å²) in [5.74, 6) is 0.162. The van der Waals surface area contributed by atoms with Gasteiger partial charge in [-0.05, 0) is 0 Å². The molecule has 0 atom stereocenters. The van der Waals surface area contributed by atoms with Crippen LogP contribution in [-0.2, 0) is 9.53 Å². The van der Waals surface area contributed by atoms with Crippen molar-refractivity contribution >= 4 is 5.91 Å². The molecule has 0 spiro atoms. The Bertz CT molecular complexity index is 160. The minimum atomic E-state index is 0.162. The van der Waals surface area contributed by atoms with Crippen LogP contribution in [-0.4, -0.2) is 50.7 Å². The maximum atomic E-state index is 11.5. The van der Waals surface area contributed by atoms with Gasteiger partial charge >= 0.3 is 0 Å².